The zero-order chi connectivity index (χ0) is 20.1. The van der Waals surface area contributed by atoms with Crippen LogP contribution in [0.3, 0.4) is 0 Å². The van der Waals surface area contributed by atoms with Gasteiger partial charge in [-0.25, -0.2) is 4.79 Å². The number of carbonyl (C=O) groups is 1. The molecular formula is C20H20N4O3S. The van der Waals surface area contributed by atoms with Crippen molar-refractivity contribution < 1.29 is 4.79 Å². The lowest BCUT2D eigenvalue weighted by Crippen LogP contribution is -2.40. The number of H-pyrrole nitrogens is 1. The largest absolute Gasteiger partial charge is 0.383 e. The highest BCUT2D eigenvalue weighted by Gasteiger charge is 2.21. The fourth-order valence-corrected chi connectivity index (χ4v) is 3.44. The van der Waals surface area contributed by atoms with E-state index in [-0.39, 0.29) is 24.6 Å². The van der Waals surface area contributed by atoms with Crippen LogP contribution in [0.15, 0.2) is 62.8 Å². The van der Waals surface area contributed by atoms with Gasteiger partial charge in [0.2, 0.25) is 0 Å². The molecule has 0 bridgehead atoms. The maximum atomic E-state index is 12.7. The fourth-order valence-electron chi connectivity index (χ4n) is 2.81. The average molecular weight is 396 g/mol. The topological polar surface area (TPSA) is 101 Å². The number of nitrogens with one attached hydrogen (secondary N) is 1. The Hall–Kier alpha value is -3.39. The summed E-state index contributed by atoms with van der Waals surface area (Å²) >= 11 is 1.52. The molecule has 1 amide bonds. The van der Waals surface area contributed by atoms with Crippen LogP contribution in [-0.4, -0.2) is 22.0 Å². The first-order chi connectivity index (χ1) is 13.5. The monoisotopic (exact) mass is 396 g/mol. The maximum absolute atomic E-state index is 12.7. The van der Waals surface area contributed by atoms with Crippen LogP contribution in [0.5, 0.6) is 0 Å². The molecule has 0 aliphatic heterocycles. The summed E-state index contributed by atoms with van der Waals surface area (Å²) in [6, 6.07) is 11.1. The summed E-state index contributed by atoms with van der Waals surface area (Å²) in [5.74, 6) is -0.437. The van der Waals surface area contributed by atoms with E-state index in [0.29, 0.717) is 0 Å². The second kappa shape index (κ2) is 8.53. The molecule has 0 aliphatic carbocycles. The van der Waals surface area contributed by atoms with Crippen LogP contribution in [0.2, 0.25) is 0 Å². The lowest BCUT2D eigenvalue weighted by Gasteiger charge is -2.22. The first kappa shape index (κ1) is 19.4. The normalized spacial score (nSPS) is 11.0. The molecule has 1 aromatic carbocycles. The van der Waals surface area contributed by atoms with Crippen LogP contribution in [-0.2, 0) is 11.3 Å². The first-order valence-electron chi connectivity index (χ1n) is 8.69. The van der Waals surface area contributed by atoms with Crippen LogP contribution in [0.1, 0.15) is 18.1 Å². The van der Waals surface area contributed by atoms with Gasteiger partial charge in [0.05, 0.1) is 6.54 Å². The highest BCUT2D eigenvalue weighted by molar-refractivity contribution is 7.08. The standard InChI is InChI=1S/C20H20N4O3S/c1-2-23(16(25)9-8-15-10-11-28-13-15)17-18(21)24(20(27)22-19(17)26)12-14-6-4-3-5-7-14/h3-11,13H,2,12,21H2,1H3,(H,22,26,27)/b9-8+. The van der Waals surface area contributed by atoms with Crippen LogP contribution >= 0.6 is 11.3 Å². The van der Waals surface area contributed by atoms with Gasteiger partial charge in [0.1, 0.15) is 5.82 Å². The Bertz CT molecular complexity index is 1100. The van der Waals surface area contributed by atoms with Gasteiger partial charge >= 0.3 is 5.69 Å². The summed E-state index contributed by atoms with van der Waals surface area (Å²) in [7, 11) is 0. The van der Waals surface area contributed by atoms with E-state index in [9.17, 15) is 14.4 Å². The summed E-state index contributed by atoms with van der Waals surface area (Å²) in [4.78, 5) is 40.9. The third-order valence-corrected chi connectivity index (χ3v) is 4.91. The van der Waals surface area contributed by atoms with Gasteiger partial charge in [0, 0.05) is 12.6 Å². The molecule has 2 aromatic heterocycles. The van der Waals surface area contributed by atoms with Crippen molar-refractivity contribution in [2.24, 2.45) is 0 Å². The maximum Gasteiger partial charge on any atom is 0.330 e. The average Bonchev–Trinajstić information content (AvgIpc) is 3.21. The van der Waals surface area contributed by atoms with Crippen molar-refractivity contribution in [2.45, 2.75) is 13.5 Å². The molecule has 3 rings (SSSR count). The Labute approximate surface area is 165 Å². The molecule has 3 aromatic rings. The summed E-state index contributed by atoms with van der Waals surface area (Å²) in [5.41, 5.74) is 6.57. The highest BCUT2D eigenvalue weighted by atomic mass is 32.1. The molecule has 28 heavy (non-hydrogen) atoms. The lowest BCUT2D eigenvalue weighted by atomic mass is 10.2. The van der Waals surface area contributed by atoms with E-state index in [1.54, 1.807) is 13.0 Å². The van der Waals surface area contributed by atoms with Gasteiger partial charge in [-0.05, 0) is 41.0 Å². The Morgan fingerprint density at radius 1 is 1.25 bits per heavy atom. The molecule has 0 unspecified atom stereocenters. The summed E-state index contributed by atoms with van der Waals surface area (Å²) in [6.45, 7) is 2.15. The van der Waals surface area contributed by atoms with Gasteiger partial charge in [-0.2, -0.15) is 11.3 Å². The Morgan fingerprint density at radius 2 is 2.00 bits per heavy atom. The molecular weight excluding hydrogens is 376 g/mol. The van der Waals surface area contributed by atoms with E-state index >= 15 is 0 Å². The van der Waals surface area contributed by atoms with Crippen LogP contribution < -0.4 is 21.9 Å². The Morgan fingerprint density at radius 3 is 2.64 bits per heavy atom. The number of hydrogen-bond donors (Lipinski definition) is 2. The number of thiophene rings is 1. The number of carbonyl (C=O) groups excluding carboxylic acids is 1. The summed E-state index contributed by atoms with van der Waals surface area (Å²) in [6.07, 6.45) is 3.06. The predicted octanol–water partition coefficient (Wildman–Crippen LogP) is 2.29. The predicted molar refractivity (Wildman–Crippen MR) is 113 cm³/mol. The molecule has 0 saturated carbocycles. The second-order valence-electron chi connectivity index (χ2n) is 6.04. The molecule has 0 saturated heterocycles. The van der Waals surface area contributed by atoms with Crippen molar-refractivity contribution in [3.8, 4) is 0 Å². The molecule has 0 aliphatic rings. The highest BCUT2D eigenvalue weighted by Crippen LogP contribution is 2.18. The van der Waals surface area contributed by atoms with Crippen LogP contribution in [0.4, 0.5) is 11.5 Å². The third kappa shape index (κ3) is 4.12. The van der Waals surface area contributed by atoms with E-state index < -0.39 is 17.2 Å². The first-order valence-corrected chi connectivity index (χ1v) is 9.63. The number of aromatic amines is 1. The van der Waals surface area contributed by atoms with E-state index in [1.165, 1.54) is 26.9 Å². The molecule has 0 fully saturated rings. The van der Waals surface area contributed by atoms with Crippen molar-refractivity contribution in [3.63, 3.8) is 0 Å². The molecule has 0 radical (unpaired) electrons. The number of nitrogen functional groups attached to an aromatic ring is 1. The van der Waals surface area contributed by atoms with Crippen LogP contribution in [0.25, 0.3) is 6.08 Å². The Kier molecular flexibility index (Phi) is 5.90. The number of amides is 1. The zero-order valence-electron chi connectivity index (χ0n) is 15.3. The number of anilines is 2. The van der Waals surface area contributed by atoms with E-state index in [4.69, 9.17) is 5.73 Å². The molecule has 0 spiro atoms. The Balaban J connectivity index is 1.99. The SMILES string of the molecule is CCN(C(=O)/C=C/c1ccsc1)c1c(N)n(Cc2ccccc2)c(=O)[nH]c1=O. The van der Waals surface area contributed by atoms with Crippen molar-refractivity contribution in [2.75, 3.05) is 17.2 Å². The molecule has 0 atom stereocenters. The zero-order valence-corrected chi connectivity index (χ0v) is 16.1. The van der Waals surface area contributed by atoms with Gasteiger partial charge in [-0.1, -0.05) is 30.3 Å². The number of hydrogen-bond acceptors (Lipinski definition) is 5. The van der Waals surface area contributed by atoms with Crippen molar-refractivity contribution in [1.82, 2.24) is 9.55 Å². The molecule has 2 heterocycles. The number of rotatable bonds is 6. The number of nitrogens with two attached hydrogens (primary N) is 1. The number of likely N-dealkylation sites (N-methyl/N-ethyl adjacent to an activating group) is 1. The fraction of sp³-hybridized carbons (Fsp3) is 0.150. The summed E-state index contributed by atoms with van der Waals surface area (Å²) in [5, 5.41) is 3.81. The van der Waals surface area contributed by atoms with Crippen molar-refractivity contribution in [3.05, 3.63) is 85.2 Å². The lowest BCUT2D eigenvalue weighted by molar-refractivity contribution is -0.114. The second-order valence-corrected chi connectivity index (χ2v) is 6.82. The third-order valence-electron chi connectivity index (χ3n) is 4.21. The van der Waals surface area contributed by atoms with Gasteiger partial charge in [0.25, 0.3) is 11.5 Å². The van der Waals surface area contributed by atoms with Gasteiger partial charge in [-0.15, -0.1) is 0 Å². The number of benzene rings is 1. The molecule has 3 N–H and O–H groups in total. The van der Waals surface area contributed by atoms with Gasteiger partial charge in [-0.3, -0.25) is 19.1 Å². The van der Waals surface area contributed by atoms with E-state index in [1.807, 2.05) is 47.2 Å². The van der Waals surface area contributed by atoms with E-state index in [2.05, 4.69) is 4.98 Å². The molecule has 7 nitrogen and oxygen atoms in total. The van der Waals surface area contributed by atoms with Crippen LogP contribution in [0, 0.1) is 0 Å². The van der Waals surface area contributed by atoms with Crippen molar-refractivity contribution >= 4 is 34.8 Å². The minimum atomic E-state index is -0.689. The van der Waals surface area contributed by atoms with Gasteiger partial charge in [0.15, 0.2) is 5.69 Å². The number of nitrogens with zero attached hydrogens (tertiary/aromatic N) is 2. The number of aromatic nitrogens is 2. The quantitative estimate of drug-likeness (QED) is 0.624. The smallest absolute Gasteiger partial charge is 0.330 e. The van der Waals surface area contributed by atoms with Gasteiger partial charge < -0.3 is 10.6 Å². The minimum absolute atomic E-state index is 0.0296. The minimum Gasteiger partial charge on any atom is -0.383 e. The van der Waals surface area contributed by atoms with Crippen molar-refractivity contribution in [1.29, 1.82) is 0 Å². The summed E-state index contributed by atoms with van der Waals surface area (Å²) < 4.78 is 1.25. The molecule has 8 heteroatoms. The van der Waals surface area contributed by atoms with E-state index in [0.717, 1.165) is 11.1 Å². The molecule has 144 valence electrons.